The summed E-state index contributed by atoms with van der Waals surface area (Å²) >= 11 is 0. The Labute approximate surface area is 69.9 Å². The lowest BCUT2D eigenvalue weighted by atomic mass is 9.77. The lowest BCUT2D eigenvalue weighted by Gasteiger charge is -2.29. The molecule has 2 fully saturated rings. The van der Waals surface area contributed by atoms with Crippen molar-refractivity contribution in [3.05, 3.63) is 0 Å². The van der Waals surface area contributed by atoms with E-state index >= 15 is 0 Å². The molecule has 2 aliphatic rings. The fourth-order valence-corrected chi connectivity index (χ4v) is 2.08. The van der Waals surface area contributed by atoms with Gasteiger partial charge in [-0.05, 0) is 19.3 Å². The number of imide groups is 1. The minimum absolute atomic E-state index is 0.304. The zero-order valence-corrected chi connectivity index (χ0v) is 6.67. The molecular weight excluding hydrogens is 158 g/mol. The van der Waals surface area contributed by atoms with E-state index in [9.17, 15) is 14.7 Å². The van der Waals surface area contributed by atoms with Gasteiger partial charge in [0, 0.05) is 0 Å². The molecule has 2 atom stereocenters. The Morgan fingerprint density at radius 3 is 2.83 bits per heavy atom. The van der Waals surface area contributed by atoms with Crippen molar-refractivity contribution in [1.29, 1.82) is 0 Å². The van der Waals surface area contributed by atoms with Gasteiger partial charge < -0.3 is 5.11 Å². The van der Waals surface area contributed by atoms with Crippen LogP contribution in [0.15, 0.2) is 0 Å². The summed E-state index contributed by atoms with van der Waals surface area (Å²) < 4.78 is 0. The van der Waals surface area contributed by atoms with Gasteiger partial charge in [0.25, 0.3) is 5.91 Å². The highest BCUT2D eigenvalue weighted by Gasteiger charge is 2.54. The zero-order chi connectivity index (χ0) is 8.77. The molecule has 2 unspecified atom stereocenters. The van der Waals surface area contributed by atoms with Crippen molar-refractivity contribution < 1.29 is 14.7 Å². The predicted octanol–water partition coefficient (Wildman–Crippen LogP) is -0.436. The van der Waals surface area contributed by atoms with Gasteiger partial charge in [0.2, 0.25) is 5.91 Å². The van der Waals surface area contributed by atoms with Crippen LogP contribution in [0.25, 0.3) is 0 Å². The smallest absolute Gasteiger partial charge is 0.259 e. The topological polar surface area (TPSA) is 66.4 Å². The van der Waals surface area contributed by atoms with Crippen LogP contribution in [0.3, 0.4) is 0 Å². The molecule has 4 heteroatoms. The fraction of sp³-hybridized carbons (Fsp3) is 0.750. The summed E-state index contributed by atoms with van der Waals surface area (Å²) in [4.78, 5) is 22.3. The van der Waals surface area contributed by atoms with Gasteiger partial charge >= 0.3 is 0 Å². The molecule has 0 radical (unpaired) electrons. The zero-order valence-electron chi connectivity index (χ0n) is 6.67. The number of fused-ring (bicyclic) bond motifs is 1. The summed E-state index contributed by atoms with van der Waals surface area (Å²) in [5.74, 6) is -1.29. The van der Waals surface area contributed by atoms with Crippen LogP contribution in [0.5, 0.6) is 0 Å². The molecule has 2 rings (SSSR count). The third kappa shape index (κ3) is 0.813. The molecule has 12 heavy (non-hydrogen) atoms. The SMILES string of the molecule is O=C1NC(=O)C2(O)CCCCC12. The van der Waals surface area contributed by atoms with E-state index in [1.54, 1.807) is 0 Å². The number of aliphatic hydroxyl groups is 1. The van der Waals surface area contributed by atoms with Crippen LogP contribution in [-0.2, 0) is 9.59 Å². The summed E-state index contributed by atoms with van der Waals surface area (Å²) in [6, 6.07) is 0. The Kier molecular flexibility index (Phi) is 1.48. The van der Waals surface area contributed by atoms with Crippen molar-refractivity contribution in [2.45, 2.75) is 31.3 Å². The summed E-state index contributed by atoms with van der Waals surface area (Å²) in [6.45, 7) is 0. The number of hydrogen-bond donors (Lipinski definition) is 2. The molecule has 2 amide bonds. The van der Waals surface area contributed by atoms with E-state index < -0.39 is 17.4 Å². The Morgan fingerprint density at radius 1 is 1.42 bits per heavy atom. The van der Waals surface area contributed by atoms with E-state index in [2.05, 4.69) is 5.32 Å². The van der Waals surface area contributed by atoms with E-state index in [1.807, 2.05) is 0 Å². The third-order valence-electron chi connectivity index (χ3n) is 2.82. The van der Waals surface area contributed by atoms with Crippen LogP contribution >= 0.6 is 0 Å². The molecule has 0 spiro atoms. The van der Waals surface area contributed by atoms with Crippen LogP contribution in [0.1, 0.15) is 25.7 Å². The summed E-state index contributed by atoms with van der Waals surface area (Å²) in [5.41, 5.74) is -1.38. The Bertz CT molecular complexity index is 251. The minimum atomic E-state index is -1.38. The standard InChI is InChI=1S/C8H11NO3/c10-6-5-3-1-2-4-8(5,12)7(11)9-6/h5,12H,1-4H2,(H,9,10,11). The number of hydrogen-bond acceptors (Lipinski definition) is 3. The number of amides is 2. The van der Waals surface area contributed by atoms with Gasteiger partial charge in [0.05, 0.1) is 5.92 Å². The molecule has 0 aromatic carbocycles. The maximum Gasteiger partial charge on any atom is 0.259 e. The highest BCUT2D eigenvalue weighted by Crippen LogP contribution is 2.37. The number of carbonyl (C=O) groups excluding carboxylic acids is 2. The van der Waals surface area contributed by atoms with Crippen LogP contribution in [0, 0.1) is 5.92 Å². The van der Waals surface area contributed by atoms with E-state index in [0.29, 0.717) is 12.8 Å². The number of nitrogens with one attached hydrogen (secondary N) is 1. The van der Waals surface area contributed by atoms with Gasteiger partial charge in [-0.1, -0.05) is 6.42 Å². The van der Waals surface area contributed by atoms with Gasteiger partial charge in [0.15, 0.2) is 5.60 Å². The van der Waals surface area contributed by atoms with Crippen molar-refractivity contribution in [1.82, 2.24) is 5.32 Å². The highest BCUT2D eigenvalue weighted by molar-refractivity contribution is 6.09. The van der Waals surface area contributed by atoms with Crippen molar-refractivity contribution in [3.8, 4) is 0 Å². The summed E-state index contributed by atoms with van der Waals surface area (Å²) in [6.07, 6.45) is 2.81. The Balaban J connectivity index is 2.33. The monoisotopic (exact) mass is 169 g/mol. The molecule has 1 saturated heterocycles. The molecule has 0 aromatic heterocycles. The molecule has 1 saturated carbocycles. The first kappa shape index (κ1) is 7.73. The van der Waals surface area contributed by atoms with Crippen molar-refractivity contribution >= 4 is 11.8 Å². The fourth-order valence-electron chi connectivity index (χ4n) is 2.08. The largest absolute Gasteiger partial charge is 0.379 e. The first-order valence-corrected chi connectivity index (χ1v) is 4.22. The van der Waals surface area contributed by atoms with E-state index in [1.165, 1.54) is 0 Å². The maximum absolute atomic E-state index is 11.2. The highest BCUT2D eigenvalue weighted by atomic mass is 16.3. The second-order valence-electron chi connectivity index (χ2n) is 3.54. The van der Waals surface area contributed by atoms with Gasteiger partial charge in [-0.3, -0.25) is 14.9 Å². The van der Waals surface area contributed by atoms with Crippen LogP contribution in [-0.4, -0.2) is 22.5 Å². The van der Waals surface area contributed by atoms with Crippen molar-refractivity contribution in [3.63, 3.8) is 0 Å². The summed E-state index contributed by atoms with van der Waals surface area (Å²) in [5, 5.41) is 12.0. The van der Waals surface area contributed by atoms with E-state index in [-0.39, 0.29) is 5.91 Å². The van der Waals surface area contributed by atoms with Crippen LogP contribution in [0.2, 0.25) is 0 Å². The quantitative estimate of drug-likeness (QED) is 0.483. The second kappa shape index (κ2) is 2.29. The lowest BCUT2D eigenvalue weighted by molar-refractivity contribution is -0.142. The average molecular weight is 169 g/mol. The molecule has 1 heterocycles. The molecule has 4 nitrogen and oxygen atoms in total. The van der Waals surface area contributed by atoms with E-state index in [0.717, 1.165) is 12.8 Å². The molecule has 2 N–H and O–H groups in total. The first-order chi connectivity index (χ1) is 5.64. The Morgan fingerprint density at radius 2 is 2.17 bits per heavy atom. The van der Waals surface area contributed by atoms with Gasteiger partial charge in [-0.15, -0.1) is 0 Å². The van der Waals surface area contributed by atoms with Gasteiger partial charge in [0.1, 0.15) is 0 Å². The maximum atomic E-state index is 11.2. The van der Waals surface area contributed by atoms with E-state index in [4.69, 9.17) is 0 Å². The second-order valence-corrected chi connectivity index (χ2v) is 3.54. The molecule has 0 bridgehead atoms. The molecule has 1 aliphatic heterocycles. The number of rotatable bonds is 0. The predicted molar refractivity (Wildman–Crippen MR) is 40.1 cm³/mol. The normalized spacial score (nSPS) is 40.9. The molecule has 66 valence electrons. The van der Waals surface area contributed by atoms with Crippen LogP contribution in [0.4, 0.5) is 0 Å². The average Bonchev–Trinajstić information content (AvgIpc) is 2.25. The molecular formula is C8H11NO3. The lowest BCUT2D eigenvalue weighted by Crippen LogP contribution is -2.44. The first-order valence-electron chi connectivity index (χ1n) is 4.22. The third-order valence-corrected chi connectivity index (χ3v) is 2.82. The van der Waals surface area contributed by atoms with Crippen LogP contribution < -0.4 is 5.32 Å². The van der Waals surface area contributed by atoms with Crippen molar-refractivity contribution in [2.24, 2.45) is 5.92 Å². The number of carbonyl (C=O) groups is 2. The van der Waals surface area contributed by atoms with Gasteiger partial charge in [-0.25, -0.2) is 0 Å². The molecule has 0 aromatic rings. The van der Waals surface area contributed by atoms with Gasteiger partial charge in [-0.2, -0.15) is 0 Å². The summed E-state index contributed by atoms with van der Waals surface area (Å²) in [7, 11) is 0. The Hall–Kier alpha value is -0.900. The molecule has 1 aliphatic carbocycles. The van der Waals surface area contributed by atoms with Crippen molar-refractivity contribution in [2.75, 3.05) is 0 Å². The minimum Gasteiger partial charge on any atom is -0.379 e.